The van der Waals surface area contributed by atoms with Crippen molar-refractivity contribution in [2.45, 2.75) is 12.7 Å². The van der Waals surface area contributed by atoms with Gasteiger partial charge in [-0.15, -0.1) is 0 Å². The van der Waals surface area contributed by atoms with Crippen LogP contribution >= 0.6 is 0 Å². The van der Waals surface area contributed by atoms with Crippen molar-refractivity contribution in [3.8, 4) is 0 Å². The first-order valence-electron chi connectivity index (χ1n) is 4.84. The third-order valence-electron chi connectivity index (χ3n) is 2.26. The Bertz CT molecular complexity index is 338. The standard InChI is InChI=1S/C11H12O4/c12-10(13)8-2-4-9(5-3-8)11-14-6-1-7-15-11/h2-5,11H,1,6-7H2,(H,12,13). The molecule has 0 radical (unpaired) electrons. The summed E-state index contributed by atoms with van der Waals surface area (Å²) in [5.74, 6) is -0.924. The lowest BCUT2D eigenvalue weighted by Crippen LogP contribution is -2.17. The number of carbonyl (C=O) groups is 1. The van der Waals surface area contributed by atoms with Crippen molar-refractivity contribution >= 4 is 5.97 Å². The number of hydrogen-bond donors (Lipinski definition) is 1. The molecule has 1 aliphatic rings. The van der Waals surface area contributed by atoms with Crippen molar-refractivity contribution in [1.29, 1.82) is 0 Å². The molecule has 1 saturated heterocycles. The van der Waals surface area contributed by atoms with Crippen LogP contribution in [0.5, 0.6) is 0 Å². The lowest BCUT2D eigenvalue weighted by Gasteiger charge is -2.23. The molecule has 0 aromatic heterocycles. The average molecular weight is 208 g/mol. The van der Waals surface area contributed by atoms with Gasteiger partial charge in [0.25, 0.3) is 0 Å². The van der Waals surface area contributed by atoms with Crippen LogP contribution in [-0.4, -0.2) is 24.3 Å². The van der Waals surface area contributed by atoms with E-state index < -0.39 is 5.97 Å². The van der Waals surface area contributed by atoms with Crippen LogP contribution in [0.2, 0.25) is 0 Å². The second-order valence-electron chi connectivity index (χ2n) is 3.35. The van der Waals surface area contributed by atoms with Gasteiger partial charge in [-0.05, 0) is 18.6 Å². The van der Waals surface area contributed by atoms with Gasteiger partial charge in [0, 0.05) is 5.56 Å². The third-order valence-corrected chi connectivity index (χ3v) is 2.26. The molecule has 4 heteroatoms. The van der Waals surface area contributed by atoms with Crippen LogP contribution in [0.25, 0.3) is 0 Å². The molecule has 0 unspecified atom stereocenters. The minimum absolute atomic E-state index is 0.273. The Balaban J connectivity index is 2.11. The lowest BCUT2D eigenvalue weighted by atomic mass is 10.1. The average Bonchev–Trinajstić information content (AvgIpc) is 2.30. The van der Waals surface area contributed by atoms with Crippen molar-refractivity contribution in [3.63, 3.8) is 0 Å². The minimum Gasteiger partial charge on any atom is -0.478 e. The van der Waals surface area contributed by atoms with Gasteiger partial charge >= 0.3 is 5.97 Å². The van der Waals surface area contributed by atoms with E-state index in [4.69, 9.17) is 14.6 Å². The van der Waals surface area contributed by atoms with Gasteiger partial charge in [0.2, 0.25) is 0 Å². The van der Waals surface area contributed by atoms with E-state index in [-0.39, 0.29) is 11.9 Å². The van der Waals surface area contributed by atoms with Crippen molar-refractivity contribution in [3.05, 3.63) is 35.4 Å². The van der Waals surface area contributed by atoms with Gasteiger partial charge in [0.1, 0.15) is 0 Å². The Kier molecular flexibility index (Phi) is 2.99. The maximum atomic E-state index is 10.6. The summed E-state index contributed by atoms with van der Waals surface area (Å²) in [5, 5.41) is 8.72. The van der Waals surface area contributed by atoms with Gasteiger partial charge in [-0.25, -0.2) is 4.79 Å². The summed E-state index contributed by atoms with van der Waals surface area (Å²) >= 11 is 0. The number of benzene rings is 1. The Morgan fingerprint density at radius 2 is 1.80 bits per heavy atom. The molecule has 0 spiro atoms. The zero-order valence-corrected chi connectivity index (χ0v) is 8.18. The first-order valence-corrected chi connectivity index (χ1v) is 4.84. The zero-order valence-electron chi connectivity index (χ0n) is 8.18. The van der Waals surface area contributed by atoms with Crippen LogP contribution in [0.4, 0.5) is 0 Å². The van der Waals surface area contributed by atoms with Crippen molar-refractivity contribution in [2.24, 2.45) is 0 Å². The molecule has 1 aromatic carbocycles. The number of rotatable bonds is 2. The van der Waals surface area contributed by atoms with Crippen LogP contribution in [0.3, 0.4) is 0 Å². The summed E-state index contributed by atoms with van der Waals surface area (Å²) in [7, 11) is 0. The highest BCUT2D eigenvalue weighted by Gasteiger charge is 2.16. The van der Waals surface area contributed by atoms with E-state index in [9.17, 15) is 4.79 Å². The van der Waals surface area contributed by atoms with Gasteiger partial charge in [0.15, 0.2) is 6.29 Å². The van der Waals surface area contributed by atoms with E-state index in [0.717, 1.165) is 12.0 Å². The molecule has 1 aromatic rings. The molecule has 4 nitrogen and oxygen atoms in total. The molecular weight excluding hydrogens is 196 g/mol. The van der Waals surface area contributed by atoms with Crippen LogP contribution < -0.4 is 0 Å². The Morgan fingerprint density at radius 1 is 1.20 bits per heavy atom. The summed E-state index contributed by atoms with van der Waals surface area (Å²) in [4.78, 5) is 10.6. The Hall–Kier alpha value is -1.39. The molecule has 0 bridgehead atoms. The fourth-order valence-electron chi connectivity index (χ4n) is 1.46. The molecule has 1 aliphatic heterocycles. The summed E-state index contributed by atoms with van der Waals surface area (Å²) in [6, 6.07) is 6.55. The third kappa shape index (κ3) is 2.34. The fourth-order valence-corrected chi connectivity index (χ4v) is 1.46. The molecule has 0 amide bonds. The SMILES string of the molecule is O=C(O)c1ccc(C2OCCCO2)cc1. The molecule has 15 heavy (non-hydrogen) atoms. The molecule has 1 heterocycles. The largest absolute Gasteiger partial charge is 0.478 e. The number of carboxylic acid groups (broad SMARTS) is 1. The normalized spacial score (nSPS) is 17.6. The quantitative estimate of drug-likeness (QED) is 0.805. The van der Waals surface area contributed by atoms with Gasteiger partial charge in [-0.2, -0.15) is 0 Å². The molecule has 0 saturated carbocycles. The van der Waals surface area contributed by atoms with Gasteiger partial charge in [-0.1, -0.05) is 12.1 Å². The number of ether oxygens (including phenoxy) is 2. The van der Waals surface area contributed by atoms with Crippen LogP contribution in [0, 0.1) is 0 Å². The number of hydrogen-bond acceptors (Lipinski definition) is 3. The predicted octanol–water partition coefficient (Wildman–Crippen LogP) is 1.82. The summed E-state index contributed by atoms with van der Waals surface area (Å²) < 4.78 is 10.8. The molecule has 1 N–H and O–H groups in total. The second kappa shape index (κ2) is 4.42. The maximum Gasteiger partial charge on any atom is 0.335 e. The van der Waals surface area contributed by atoms with Crippen LogP contribution in [0.1, 0.15) is 28.6 Å². The van der Waals surface area contributed by atoms with Crippen molar-refractivity contribution in [1.82, 2.24) is 0 Å². The van der Waals surface area contributed by atoms with E-state index in [1.54, 1.807) is 24.3 Å². The zero-order chi connectivity index (χ0) is 10.7. The summed E-state index contributed by atoms with van der Waals surface area (Å²) in [6.45, 7) is 1.37. The van der Waals surface area contributed by atoms with Gasteiger partial charge in [0.05, 0.1) is 18.8 Å². The highest BCUT2D eigenvalue weighted by molar-refractivity contribution is 5.87. The second-order valence-corrected chi connectivity index (χ2v) is 3.35. The summed E-state index contributed by atoms with van der Waals surface area (Å²) in [6.07, 6.45) is 0.561. The minimum atomic E-state index is -0.924. The van der Waals surface area contributed by atoms with Crippen molar-refractivity contribution in [2.75, 3.05) is 13.2 Å². The topological polar surface area (TPSA) is 55.8 Å². The van der Waals surface area contributed by atoms with Crippen LogP contribution in [-0.2, 0) is 9.47 Å². The monoisotopic (exact) mass is 208 g/mol. The maximum absolute atomic E-state index is 10.6. The van der Waals surface area contributed by atoms with Crippen molar-refractivity contribution < 1.29 is 19.4 Å². The highest BCUT2D eigenvalue weighted by Crippen LogP contribution is 2.22. The van der Waals surface area contributed by atoms with E-state index in [2.05, 4.69) is 0 Å². The first-order chi connectivity index (χ1) is 7.27. The first kappa shape index (κ1) is 10.1. The van der Waals surface area contributed by atoms with E-state index in [1.165, 1.54) is 0 Å². The van der Waals surface area contributed by atoms with E-state index in [0.29, 0.717) is 13.2 Å². The van der Waals surface area contributed by atoms with Gasteiger partial charge in [-0.3, -0.25) is 0 Å². The fraction of sp³-hybridized carbons (Fsp3) is 0.364. The highest BCUT2D eigenvalue weighted by atomic mass is 16.7. The predicted molar refractivity (Wildman–Crippen MR) is 52.7 cm³/mol. The molecule has 1 fully saturated rings. The smallest absolute Gasteiger partial charge is 0.335 e. The van der Waals surface area contributed by atoms with E-state index in [1.807, 2.05) is 0 Å². The van der Waals surface area contributed by atoms with Gasteiger partial charge < -0.3 is 14.6 Å². The summed E-state index contributed by atoms with van der Waals surface area (Å²) in [5.41, 5.74) is 1.13. The number of aromatic carboxylic acids is 1. The Labute approximate surface area is 87.4 Å². The molecule has 2 rings (SSSR count). The lowest BCUT2D eigenvalue weighted by molar-refractivity contribution is -0.183. The number of carboxylic acids is 1. The van der Waals surface area contributed by atoms with E-state index >= 15 is 0 Å². The van der Waals surface area contributed by atoms with Crippen LogP contribution in [0.15, 0.2) is 24.3 Å². The molecule has 0 aliphatic carbocycles. The molecule has 80 valence electrons. The Morgan fingerprint density at radius 3 is 2.33 bits per heavy atom. The molecular formula is C11H12O4. The molecule has 0 atom stereocenters.